The summed E-state index contributed by atoms with van der Waals surface area (Å²) < 4.78 is 2.78. The Morgan fingerprint density at radius 2 is 0.958 bits per heavy atom. The van der Waals surface area contributed by atoms with E-state index < -0.39 is 0 Å². The van der Waals surface area contributed by atoms with Crippen LogP contribution in [0.2, 0.25) is 0 Å². The van der Waals surface area contributed by atoms with Crippen molar-refractivity contribution in [2.45, 2.75) is 6.92 Å². The van der Waals surface area contributed by atoms with E-state index in [2.05, 4.69) is 112 Å². The average Bonchev–Trinajstić information content (AvgIpc) is 2.55. The van der Waals surface area contributed by atoms with Crippen LogP contribution in [-0.4, -0.2) is 16.0 Å². The number of phenolic OH excluding ortho intramolecular Hbond substituents is 2. The zero-order valence-corrected chi connectivity index (χ0v) is 22.6. The number of halogens is 7. The maximum atomic E-state index is 13.2. The Kier molecular flexibility index (Phi) is 7.10. The molecular weight excluding hydrogens is 775 g/mol. The van der Waals surface area contributed by atoms with Gasteiger partial charge in [0.1, 0.15) is 11.5 Å². The molecule has 0 spiro atoms. The molecule has 0 saturated heterocycles. The minimum Gasteiger partial charge on any atom is -0.506 e. The van der Waals surface area contributed by atoms with Crippen molar-refractivity contribution in [3.05, 3.63) is 48.0 Å². The molecule has 0 aliphatic rings. The maximum absolute atomic E-state index is 13.2. The van der Waals surface area contributed by atoms with E-state index in [1.807, 2.05) is 0 Å². The minimum atomic E-state index is -0.322. The third-order valence-corrected chi connectivity index (χ3v) is 10.5. The van der Waals surface area contributed by atoms with Gasteiger partial charge in [-0.15, -0.1) is 0 Å². The van der Waals surface area contributed by atoms with Crippen LogP contribution in [0.15, 0.2) is 31.3 Å². The molecule has 2 aromatic carbocycles. The quantitative estimate of drug-likeness (QED) is 0.240. The zero-order chi connectivity index (χ0) is 18.5. The molecule has 0 aliphatic heterocycles. The van der Waals surface area contributed by atoms with Crippen LogP contribution in [0.1, 0.15) is 21.5 Å². The van der Waals surface area contributed by atoms with Crippen molar-refractivity contribution in [1.82, 2.24) is 0 Å². The third-order valence-electron chi connectivity index (χ3n) is 3.22. The van der Waals surface area contributed by atoms with Crippen LogP contribution in [0.25, 0.3) is 0 Å². The summed E-state index contributed by atoms with van der Waals surface area (Å²) in [5.74, 6) is -0.319. The summed E-state index contributed by atoms with van der Waals surface area (Å²) in [4.78, 5) is 13.2. The molecule has 3 nitrogen and oxygen atoms in total. The van der Waals surface area contributed by atoms with Crippen LogP contribution in [0.4, 0.5) is 0 Å². The van der Waals surface area contributed by atoms with Gasteiger partial charge in [0.05, 0.1) is 24.5 Å². The van der Waals surface area contributed by atoms with Gasteiger partial charge in [-0.05, 0) is 118 Å². The Morgan fingerprint density at radius 3 is 1.38 bits per heavy atom. The normalized spacial score (nSPS) is 11.0. The number of rotatable bonds is 2. The van der Waals surface area contributed by atoms with Gasteiger partial charge in [-0.3, -0.25) is 4.79 Å². The van der Waals surface area contributed by atoms with Crippen LogP contribution in [0, 0.1) is 6.92 Å². The Hall–Kier alpha value is 1.07. The number of aromatic hydroxyl groups is 2. The number of hydrogen-bond donors (Lipinski definition) is 2. The molecule has 2 N–H and O–H groups in total. The third kappa shape index (κ3) is 3.45. The number of carbonyl (C=O) groups is 1. The number of ketones is 1. The average molecular weight is 781 g/mol. The van der Waals surface area contributed by atoms with E-state index in [1.165, 1.54) is 0 Å². The standard InChI is InChI=1S/C14H5Br7O3/c1-2-5(15)3(6(16)9(19)12(2)22)13(23)4-7(17)10(20)14(24)11(21)8(4)18/h22,24H,1H3. The summed E-state index contributed by atoms with van der Waals surface area (Å²) in [6, 6.07) is 0. The van der Waals surface area contributed by atoms with Gasteiger partial charge in [0.25, 0.3) is 0 Å². The zero-order valence-electron chi connectivity index (χ0n) is 11.4. The summed E-state index contributed by atoms with van der Waals surface area (Å²) in [5.41, 5.74) is 1.17. The van der Waals surface area contributed by atoms with Crippen molar-refractivity contribution < 1.29 is 15.0 Å². The number of hydrogen-bond acceptors (Lipinski definition) is 3. The van der Waals surface area contributed by atoms with Gasteiger partial charge in [0.15, 0.2) is 5.78 Å². The maximum Gasteiger partial charge on any atom is 0.197 e. The second kappa shape index (κ2) is 7.98. The van der Waals surface area contributed by atoms with Crippen LogP contribution >= 0.6 is 112 Å². The lowest BCUT2D eigenvalue weighted by Gasteiger charge is -2.17. The lowest BCUT2D eigenvalue weighted by Crippen LogP contribution is -2.08. The Bertz CT molecular complexity index is 763. The van der Waals surface area contributed by atoms with Crippen LogP contribution in [-0.2, 0) is 0 Å². The Balaban J connectivity index is 2.87. The first-order valence-electron chi connectivity index (χ1n) is 5.97. The second-order valence-corrected chi connectivity index (χ2v) is 10.2. The van der Waals surface area contributed by atoms with E-state index in [4.69, 9.17) is 0 Å². The van der Waals surface area contributed by atoms with Crippen LogP contribution < -0.4 is 0 Å². The van der Waals surface area contributed by atoms with Crippen molar-refractivity contribution >= 4 is 117 Å². The number of benzene rings is 2. The van der Waals surface area contributed by atoms with E-state index in [0.29, 0.717) is 48.0 Å². The van der Waals surface area contributed by atoms with Crippen molar-refractivity contribution in [2.75, 3.05) is 0 Å². The molecule has 0 radical (unpaired) electrons. The summed E-state index contributed by atoms with van der Waals surface area (Å²) in [6.45, 7) is 1.69. The highest BCUT2D eigenvalue weighted by Gasteiger charge is 2.29. The molecule has 24 heavy (non-hydrogen) atoms. The fraction of sp³-hybridized carbons (Fsp3) is 0.0714. The molecule has 0 saturated carbocycles. The summed E-state index contributed by atoms with van der Waals surface area (Å²) in [5, 5.41) is 20.1. The second-order valence-electron chi connectivity index (χ2n) is 4.60. The molecular formula is C14H5Br7O3. The fourth-order valence-corrected chi connectivity index (χ4v) is 6.26. The molecule has 2 aromatic rings. The molecule has 0 amide bonds. The molecule has 2 rings (SSSR count). The first-order chi connectivity index (χ1) is 11.0. The minimum absolute atomic E-state index is 0.0356. The summed E-state index contributed by atoms with van der Waals surface area (Å²) in [7, 11) is 0. The molecule has 0 bridgehead atoms. The highest BCUT2D eigenvalue weighted by Crippen LogP contribution is 2.49. The number of phenols is 2. The van der Waals surface area contributed by atoms with Gasteiger partial charge in [-0.25, -0.2) is 0 Å². The van der Waals surface area contributed by atoms with E-state index in [9.17, 15) is 15.0 Å². The predicted molar refractivity (Wildman–Crippen MR) is 118 cm³/mol. The fourth-order valence-electron chi connectivity index (χ4n) is 1.91. The highest BCUT2D eigenvalue weighted by atomic mass is 79.9. The van der Waals surface area contributed by atoms with Crippen molar-refractivity contribution in [3.8, 4) is 11.5 Å². The molecule has 0 aromatic heterocycles. The van der Waals surface area contributed by atoms with E-state index >= 15 is 0 Å². The van der Waals surface area contributed by atoms with Crippen molar-refractivity contribution in [2.24, 2.45) is 0 Å². The van der Waals surface area contributed by atoms with Gasteiger partial charge in [0, 0.05) is 23.5 Å². The molecule has 128 valence electrons. The van der Waals surface area contributed by atoms with Crippen molar-refractivity contribution in [3.63, 3.8) is 0 Å². The molecule has 10 heteroatoms. The van der Waals surface area contributed by atoms with Gasteiger partial charge in [-0.1, -0.05) is 0 Å². The van der Waals surface area contributed by atoms with Crippen molar-refractivity contribution in [1.29, 1.82) is 0 Å². The SMILES string of the molecule is Cc1c(O)c(Br)c(Br)c(C(=O)c2c(Br)c(Br)c(O)c(Br)c2Br)c1Br. The highest BCUT2D eigenvalue weighted by molar-refractivity contribution is 9.14. The van der Waals surface area contributed by atoms with Crippen LogP contribution in [0.5, 0.6) is 11.5 Å². The Morgan fingerprint density at radius 1 is 0.625 bits per heavy atom. The summed E-state index contributed by atoms with van der Waals surface area (Å²) in [6.07, 6.45) is 0. The topological polar surface area (TPSA) is 57.5 Å². The van der Waals surface area contributed by atoms with E-state index in [0.717, 1.165) is 0 Å². The smallest absolute Gasteiger partial charge is 0.197 e. The van der Waals surface area contributed by atoms with E-state index in [1.54, 1.807) is 6.92 Å². The first kappa shape index (κ1) is 21.4. The lowest BCUT2D eigenvalue weighted by molar-refractivity contribution is 0.103. The van der Waals surface area contributed by atoms with Gasteiger partial charge in [-0.2, -0.15) is 0 Å². The van der Waals surface area contributed by atoms with Gasteiger partial charge in [0.2, 0.25) is 0 Å². The molecule has 0 fully saturated rings. The molecule has 0 aliphatic carbocycles. The lowest BCUT2D eigenvalue weighted by atomic mass is 10.0. The summed E-state index contributed by atoms with van der Waals surface area (Å²) >= 11 is 23.2. The number of carbonyl (C=O) groups excluding carboxylic acids is 1. The van der Waals surface area contributed by atoms with Crippen LogP contribution in [0.3, 0.4) is 0 Å². The molecule has 0 atom stereocenters. The first-order valence-corrected chi connectivity index (χ1v) is 11.5. The largest absolute Gasteiger partial charge is 0.506 e. The molecule has 0 unspecified atom stereocenters. The molecule has 0 heterocycles. The van der Waals surface area contributed by atoms with E-state index in [-0.39, 0.29) is 17.3 Å². The Labute approximate surface area is 196 Å². The monoisotopic (exact) mass is 773 g/mol. The van der Waals surface area contributed by atoms with Gasteiger partial charge >= 0.3 is 0 Å². The predicted octanol–water partition coefficient (Wildman–Crippen LogP) is 7.97. The van der Waals surface area contributed by atoms with Gasteiger partial charge < -0.3 is 10.2 Å².